The number of guanidine groups is 1. The Hall–Kier alpha value is -1.30. The number of piperidine rings is 1. The van der Waals surface area contributed by atoms with Gasteiger partial charge in [-0.1, -0.05) is 6.92 Å². The van der Waals surface area contributed by atoms with E-state index in [1.807, 2.05) is 4.90 Å². The van der Waals surface area contributed by atoms with Gasteiger partial charge in [0.1, 0.15) is 0 Å². The summed E-state index contributed by atoms with van der Waals surface area (Å²) in [6.07, 6.45) is 4.90. The summed E-state index contributed by atoms with van der Waals surface area (Å²) in [5.74, 6) is 2.43. The summed E-state index contributed by atoms with van der Waals surface area (Å²) in [7, 11) is 0. The van der Waals surface area contributed by atoms with Gasteiger partial charge in [0, 0.05) is 58.3 Å². The zero-order chi connectivity index (χ0) is 17.8. The van der Waals surface area contributed by atoms with Crippen molar-refractivity contribution in [3.63, 3.8) is 0 Å². The summed E-state index contributed by atoms with van der Waals surface area (Å²) >= 11 is 0. The minimum Gasteiger partial charge on any atom is -0.357 e. The lowest BCUT2D eigenvalue weighted by Crippen LogP contribution is -2.47. The Kier molecular flexibility index (Phi) is 6.20. The lowest BCUT2D eigenvalue weighted by Gasteiger charge is -2.30. The fourth-order valence-electron chi connectivity index (χ4n) is 4.08. The van der Waals surface area contributed by atoms with Gasteiger partial charge in [-0.25, -0.2) is 0 Å². The lowest BCUT2D eigenvalue weighted by atomic mass is 9.97. The highest BCUT2D eigenvalue weighted by Crippen LogP contribution is 2.31. The summed E-state index contributed by atoms with van der Waals surface area (Å²) in [5, 5.41) is 7.09. The van der Waals surface area contributed by atoms with Crippen molar-refractivity contribution in [1.29, 1.82) is 0 Å². The second-order valence-corrected chi connectivity index (χ2v) is 8.08. The van der Waals surface area contributed by atoms with Crippen LogP contribution in [0.25, 0.3) is 0 Å². The number of rotatable bonds is 5. The van der Waals surface area contributed by atoms with Crippen molar-refractivity contribution >= 4 is 11.9 Å². The second kappa shape index (κ2) is 8.39. The predicted octanol–water partition coefficient (Wildman–Crippen LogP) is 1.28. The largest absolute Gasteiger partial charge is 0.357 e. The van der Waals surface area contributed by atoms with Gasteiger partial charge in [-0.2, -0.15) is 0 Å². The fraction of sp³-hybridized carbons (Fsp3) is 0.895. The van der Waals surface area contributed by atoms with E-state index in [-0.39, 0.29) is 5.91 Å². The number of hydrogen-bond donors (Lipinski definition) is 2. The maximum absolute atomic E-state index is 11.4. The van der Waals surface area contributed by atoms with Crippen LogP contribution in [0.5, 0.6) is 0 Å². The summed E-state index contributed by atoms with van der Waals surface area (Å²) in [6.45, 7) is 12.0. The molecule has 2 N–H and O–H groups in total. The fourth-order valence-corrected chi connectivity index (χ4v) is 4.08. The van der Waals surface area contributed by atoms with Gasteiger partial charge in [0.15, 0.2) is 5.96 Å². The van der Waals surface area contributed by atoms with Crippen molar-refractivity contribution in [2.45, 2.75) is 58.5 Å². The summed E-state index contributed by atoms with van der Waals surface area (Å²) in [4.78, 5) is 20.9. The Morgan fingerprint density at radius 2 is 1.88 bits per heavy atom. The molecule has 1 amide bonds. The molecule has 25 heavy (non-hydrogen) atoms. The van der Waals surface area contributed by atoms with Crippen LogP contribution in [-0.4, -0.2) is 73.0 Å². The molecule has 2 saturated heterocycles. The molecular weight excluding hydrogens is 314 g/mol. The Morgan fingerprint density at radius 3 is 2.48 bits per heavy atom. The second-order valence-electron chi connectivity index (χ2n) is 8.08. The normalized spacial score (nSPS) is 29.1. The quantitative estimate of drug-likeness (QED) is 0.580. The van der Waals surface area contributed by atoms with Crippen LogP contribution < -0.4 is 10.6 Å². The molecule has 0 aromatic heterocycles. The molecule has 0 spiro atoms. The lowest BCUT2D eigenvalue weighted by molar-refractivity contribution is -0.130. The molecule has 1 saturated carbocycles. The maximum Gasteiger partial charge on any atom is 0.219 e. The van der Waals surface area contributed by atoms with E-state index >= 15 is 0 Å². The Labute approximate surface area is 152 Å². The van der Waals surface area contributed by atoms with Crippen molar-refractivity contribution < 1.29 is 4.79 Å². The van der Waals surface area contributed by atoms with Crippen LogP contribution in [0, 0.1) is 11.8 Å². The summed E-state index contributed by atoms with van der Waals surface area (Å²) < 4.78 is 0. The van der Waals surface area contributed by atoms with Crippen molar-refractivity contribution in [2.75, 3.05) is 39.3 Å². The molecule has 2 heterocycles. The SMILES string of the molecule is CCNC(=NCC1CCN(C(C)=O)CC1)NC1CN(C2CC2)CC1C. The Morgan fingerprint density at radius 1 is 1.16 bits per heavy atom. The van der Waals surface area contributed by atoms with Gasteiger partial charge in [0.2, 0.25) is 5.91 Å². The van der Waals surface area contributed by atoms with E-state index in [2.05, 4.69) is 29.4 Å². The molecular formula is C19H35N5O. The molecule has 2 atom stereocenters. The van der Waals surface area contributed by atoms with Crippen LogP contribution >= 0.6 is 0 Å². The first kappa shape index (κ1) is 18.5. The van der Waals surface area contributed by atoms with Gasteiger partial charge in [-0.3, -0.25) is 14.7 Å². The molecule has 1 aliphatic carbocycles. The van der Waals surface area contributed by atoms with Crippen LogP contribution in [0.1, 0.15) is 46.5 Å². The smallest absolute Gasteiger partial charge is 0.219 e. The van der Waals surface area contributed by atoms with Gasteiger partial charge < -0.3 is 15.5 Å². The highest BCUT2D eigenvalue weighted by Gasteiger charge is 2.38. The third-order valence-corrected chi connectivity index (χ3v) is 5.94. The first-order chi connectivity index (χ1) is 12.1. The zero-order valence-corrected chi connectivity index (χ0v) is 16.1. The number of hydrogen-bond acceptors (Lipinski definition) is 3. The molecule has 3 fully saturated rings. The van der Waals surface area contributed by atoms with E-state index in [0.717, 1.165) is 57.6 Å². The van der Waals surface area contributed by atoms with E-state index in [0.29, 0.717) is 17.9 Å². The van der Waals surface area contributed by atoms with Gasteiger partial charge in [-0.05, 0) is 44.4 Å². The number of carbonyl (C=O) groups is 1. The van der Waals surface area contributed by atoms with Gasteiger partial charge in [0.25, 0.3) is 0 Å². The minimum absolute atomic E-state index is 0.201. The molecule has 142 valence electrons. The number of carbonyl (C=O) groups excluding carboxylic acids is 1. The molecule has 2 unspecified atom stereocenters. The van der Waals surface area contributed by atoms with Crippen LogP contribution in [0.4, 0.5) is 0 Å². The molecule has 6 nitrogen and oxygen atoms in total. The molecule has 3 rings (SSSR count). The predicted molar refractivity (Wildman–Crippen MR) is 102 cm³/mol. The number of nitrogens with zero attached hydrogens (tertiary/aromatic N) is 3. The Bertz CT molecular complexity index is 482. The molecule has 6 heteroatoms. The molecule has 0 aromatic rings. The molecule has 3 aliphatic rings. The van der Waals surface area contributed by atoms with E-state index in [1.165, 1.54) is 19.4 Å². The standard InChI is InChI=1S/C19H35N5O/c1-4-20-19(21-11-16-7-9-23(10-8-16)15(3)25)22-18-13-24(12-14(18)2)17-5-6-17/h14,16-18H,4-13H2,1-3H3,(H2,20,21,22). The highest BCUT2D eigenvalue weighted by atomic mass is 16.2. The van der Waals surface area contributed by atoms with E-state index in [1.54, 1.807) is 6.92 Å². The van der Waals surface area contributed by atoms with Crippen molar-refractivity contribution in [3.8, 4) is 0 Å². The average Bonchev–Trinajstić information content (AvgIpc) is 3.38. The van der Waals surface area contributed by atoms with Crippen LogP contribution in [-0.2, 0) is 4.79 Å². The maximum atomic E-state index is 11.4. The van der Waals surface area contributed by atoms with Crippen molar-refractivity contribution in [2.24, 2.45) is 16.8 Å². The number of amides is 1. The highest BCUT2D eigenvalue weighted by molar-refractivity contribution is 5.80. The summed E-state index contributed by atoms with van der Waals surface area (Å²) in [6, 6.07) is 1.35. The van der Waals surface area contributed by atoms with Crippen LogP contribution in [0.3, 0.4) is 0 Å². The average molecular weight is 350 g/mol. The third kappa shape index (κ3) is 5.09. The van der Waals surface area contributed by atoms with Gasteiger partial charge in [0.05, 0.1) is 0 Å². The van der Waals surface area contributed by atoms with E-state index < -0.39 is 0 Å². The van der Waals surface area contributed by atoms with Gasteiger partial charge >= 0.3 is 0 Å². The van der Waals surface area contributed by atoms with Crippen LogP contribution in [0.15, 0.2) is 4.99 Å². The monoisotopic (exact) mass is 349 g/mol. The van der Waals surface area contributed by atoms with Crippen molar-refractivity contribution in [1.82, 2.24) is 20.4 Å². The number of aliphatic imine (C=N–C) groups is 1. The first-order valence-electron chi connectivity index (χ1n) is 10.1. The summed E-state index contributed by atoms with van der Waals surface area (Å²) in [5.41, 5.74) is 0. The molecule has 0 radical (unpaired) electrons. The molecule has 0 aromatic carbocycles. The topological polar surface area (TPSA) is 60.0 Å². The third-order valence-electron chi connectivity index (χ3n) is 5.94. The van der Waals surface area contributed by atoms with Crippen molar-refractivity contribution in [3.05, 3.63) is 0 Å². The first-order valence-corrected chi connectivity index (χ1v) is 10.1. The van der Waals surface area contributed by atoms with Gasteiger partial charge in [-0.15, -0.1) is 0 Å². The molecule has 0 bridgehead atoms. The minimum atomic E-state index is 0.201. The number of nitrogens with one attached hydrogen (secondary N) is 2. The van der Waals surface area contributed by atoms with E-state index in [4.69, 9.17) is 4.99 Å². The van der Waals surface area contributed by atoms with E-state index in [9.17, 15) is 4.79 Å². The molecule has 2 aliphatic heterocycles. The Balaban J connectivity index is 1.48. The van der Waals surface area contributed by atoms with Crippen LogP contribution in [0.2, 0.25) is 0 Å². The zero-order valence-electron chi connectivity index (χ0n) is 16.1. The number of likely N-dealkylation sites (tertiary alicyclic amines) is 2.